The zero-order valence-electron chi connectivity index (χ0n) is 11.0. The van der Waals surface area contributed by atoms with Gasteiger partial charge in [0.2, 0.25) is 5.91 Å². The molecule has 0 bridgehead atoms. The second-order valence-corrected chi connectivity index (χ2v) is 6.02. The highest BCUT2D eigenvalue weighted by molar-refractivity contribution is 5.78. The van der Waals surface area contributed by atoms with Gasteiger partial charge in [0.15, 0.2) is 0 Å². The smallest absolute Gasteiger partial charge is 0.223 e. The van der Waals surface area contributed by atoms with Gasteiger partial charge in [-0.3, -0.25) is 4.79 Å². The summed E-state index contributed by atoms with van der Waals surface area (Å²) < 4.78 is 0. The lowest BCUT2D eigenvalue weighted by molar-refractivity contribution is -0.126. The van der Waals surface area contributed by atoms with Crippen LogP contribution in [0.1, 0.15) is 51.9 Å². The van der Waals surface area contributed by atoms with E-state index in [2.05, 4.69) is 12.2 Å². The molecule has 0 radical (unpaired) electrons. The number of nitrogens with two attached hydrogens (primary N) is 1. The summed E-state index contributed by atoms with van der Waals surface area (Å²) in [5, 5.41) is 3.17. The summed E-state index contributed by atoms with van der Waals surface area (Å²) in [4.78, 5) is 12.0. The first-order chi connectivity index (χ1) is 8.19. The molecule has 3 N–H and O–H groups in total. The van der Waals surface area contributed by atoms with Gasteiger partial charge in [0.1, 0.15) is 0 Å². The summed E-state index contributed by atoms with van der Waals surface area (Å²) in [6.07, 6.45) is 8.13. The van der Waals surface area contributed by atoms with Crippen LogP contribution in [0.25, 0.3) is 0 Å². The van der Waals surface area contributed by atoms with Crippen LogP contribution in [0.2, 0.25) is 0 Å². The van der Waals surface area contributed by atoms with Gasteiger partial charge in [-0.05, 0) is 62.8 Å². The molecule has 98 valence electrons. The molecule has 17 heavy (non-hydrogen) atoms. The molecule has 0 spiro atoms. The third-order valence-electron chi connectivity index (χ3n) is 4.90. The van der Waals surface area contributed by atoms with Crippen molar-refractivity contribution in [3.8, 4) is 0 Å². The van der Waals surface area contributed by atoms with Crippen molar-refractivity contribution in [1.29, 1.82) is 0 Å². The number of hydrogen-bond donors (Lipinski definition) is 2. The number of nitrogens with one attached hydrogen (secondary N) is 1. The summed E-state index contributed by atoms with van der Waals surface area (Å²) in [6, 6.07) is 0. The minimum atomic E-state index is 0.255. The van der Waals surface area contributed by atoms with Gasteiger partial charge in [-0.25, -0.2) is 0 Å². The number of hydrogen-bond acceptors (Lipinski definition) is 2. The zero-order chi connectivity index (χ0) is 12.3. The summed E-state index contributed by atoms with van der Waals surface area (Å²) in [7, 11) is 0. The summed E-state index contributed by atoms with van der Waals surface area (Å²) >= 11 is 0. The molecule has 2 aliphatic rings. The van der Waals surface area contributed by atoms with E-state index in [0.29, 0.717) is 17.2 Å². The fourth-order valence-electron chi connectivity index (χ4n) is 2.91. The highest BCUT2D eigenvalue weighted by Gasteiger charge is 2.41. The van der Waals surface area contributed by atoms with E-state index in [4.69, 9.17) is 5.73 Å². The van der Waals surface area contributed by atoms with Crippen LogP contribution in [0.4, 0.5) is 0 Å². The molecule has 0 unspecified atom stereocenters. The van der Waals surface area contributed by atoms with E-state index in [1.807, 2.05) is 0 Å². The molecule has 2 fully saturated rings. The highest BCUT2D eigenvalue weighted by Crippen LogP contribution is 2.47. The van der Waals surface area contributed by atoms with E-state index in [0.717, 1.165) is 38.8 Å². The van der Waals surface area contributed by atoms with Crippen molar-refractivity contribution < 1.29 is 4.79 Å². The van der Waals surface area contributed by atoms with Gasteiger partial charge in [-0.2, -0.15) is 0 Å². The number of rotatable bonds is 5. The average molecular weight is 238 g/mol. The molecular formula is C14H26N2O. The second kappa shape index (κ2) is 5.38. The third kappa shape index (κ3) is 3.21. The fourth-order valence-corrected chi connectivity index (χ4v) is 2.91. The van der Waals surface area contributed by atoms with Gasteiger partial charge in [-0.15, -0.1) is 0 Å². The predicted molar refractivity (Wildman–Crippen MR) is 69.5 cm³/mol. The van der Waals surface area contributed by atoms with E-state index in [1.54, 1.807) is 0 Å². The van der Waals surface area contributed by atoms with Crippen molar-refractivity contribution in [2.75, 3.05) is 13.1 Å². The third-order valence-corrected chi connectivity index (χ3v) is 4.90. The molecule has 2 saturated carbocycles. The molecule has 3 nitrogen and oxygen atoms in total. The maximum atomic E-state index is 12.0. The molecule has 0 saturated heterocycles. The quantitative estimate of drug-likeness (QED) is 0.770. The Labute approximate surface area is 105 Å². The maximum absolute atomic E-state index is 12.0. The Balaban J connectivity index is 1.70. The predicted octanol–water partition coefficient (Wildman–Crippen LogP) is 2.06. The fraction of sp³-hybridized carbons (Fsp3) is 0.929. The molecule has 3 heteroatoms. The molecule has 0 aromatic heterocycles. The summed E-state index contributed by atoms with van der Waals surface area (Å²) in [5.74, 6) is 1.20. The molecule has 2 aliphatic carbocycles. The first-order valence-electron chi connectivity index (χ1n) is 7.17. The van der Waals surface area contributed by atoms with Crippen LogP contribution in [0.15, 0.2) is 0 Å². The molecule has 0 heterocycles. The van der Waals surface area contributed by atoms with Crippen LogP contribution >= 0.6 is 0 Å². The minimum Gasteiger partial charge on any atom is -0.355 e. The van der Waals surface area contributed by atoms with Crippen LogP contribution in [0.3, 0.4) is 0 Å². The molecule has 0 aliphatic heterocycles. The molecule has 0 atom stereocenters. The van der Waals surface area contributed by atoms with Crippen molar-refractivity contribution in [2.45, 2.75) is 51.9 Å². The number of carbonyl (C=O) groups is 1. The zero-order valence-corrected chi connectivity index (χ0v) is 11.0. The Hall–Kier alpha value is -0.570. The Kier molecular flexibility index (Phi) is 4.08. The van der Waals surface area contributed by atoms with Crippen LogP contribution in [-0.4, -0.2) is 19.0 Å². The second-order valence-electron chi connectivity index (χ2n) is 6.02. The normalized spacial score (nSPS) is 30.9. The summed E-state index contributed by atoms with van der Waals surface area (Å²) in [6.45, 7) is 3.91. The Morgan fingerprint density at radius 1 is 1.29 bits per heavy atom. The molecule has 1 amide bonds. The topological polar surface area (TPSA) is 55.1 Å². The van der Waals surface area contributed by atoms with Crippen molar-refractivity contribution in [1.82, 2.24) is 5.32 Å². The first kappa shape index (κ1) is 12.9. The van der Waals surface area contributed by atoms with E-state index >= 15 is 0 Å². The van der Waals surface area contributed by atoms with Crippen LogP contribution in [0.5, 0.6) is 0 Å². The van der Waals surface area contributed by atoms with Gasteiger partial charge < -0.3 is 11.1 Å². The van der Waals surface area contributed by atoms with E-state index in [9.17, 15) is 4.79 Å². The van der Waals surface area contributed by atoms with Crippen molar-refractivity contribution >= 4 is 5.91 Å². The van der Waals surface area contributed by atoms with Gasteiger partial charge in [0, 0.05) is 12.5 Å². The van der Waals surface area contributed by atoms with Gasteiger partial charge >= 0.3 is 0 Å². The monoisotopic (exact) mass is 238 g/mol. The lowest BCUT2D eigenvalue weighted by atomic mass is 9.81. The lowest BCUT2D eigenvalue weighted by Crippen LogP contribution is -2.37. The van der Waals surface area contributed by atoms with Crippen molar-refractivity contribution in [3.63, 3.8) is 0 Å². The van der Waals surface area contributed by atoms with Gasteiger partial charge in [0.05, 0.1) is 0 Å². The van der Waals surface area contributed by atoms with E-state index in [-0.39, 0.29) is 5.92 Å². The van der Waals surface area contributed by atoms with Gasteiger partial charge in [0.25, 0.3) is 0 Å². The van der Waals surface area contributed by atoms with Crippen LogP contribution in [-0.2, 0) is 4.79 Å². The Bertz CT molecular complexity index is 265. The number of amides is 1. The Morgan fingerprint density at radius 2 is 1.94 bits per heavy atom. The first-order valence-corrected chi connectivity index (χ1v) is 7.17. The lowest BCUT2D eigenvalue weighted by Gasteiger charge is -2.27. The van der Waals surface area contributed by atoms with E-state index < -0.39 is 0 Å². The molecule has 0 aromatic rings. The van der Waals surface area contributed by atoms with Crippen molar-refractivity contribution in [2.24, 2.45) is 23.0 Å². The van der Waals surface area contributed by atoms with Gasteiger partial charge in [-0.1, -0.05) is 6.92 Å². The average Bonchev–Trinajstić information content (AvgIpc) is 3.17. The largest absolute Gasteiger partial charge is 0.355 e. The number of carbonyl (C=O) groups excluding carboxylic acids is 1. The molecule has 2 rings (SSSR count). The van der Waals surface area contributed by atoms with E-state index in [1.165, 1.54) is 19.3 Å². The van der Waals surface area contributed by atoms with Crippen LogP contribution in [0, 0.1) is 17.3 Å². The summed E-state index contributed by atoms with van der Waals surface area (Å²) in [5.41, 5.74) is 6.13. The van der Waals surface area contributed by atoms with Crippen molar-refractivity contribution in [3.05, 3.63) is 0 Å². The molecule has 0 aromatic carbocycles. The Morgan fingerprint density at radius 3 is 2.41 bits per heavy atom. The standard InChI is InChI=1S/C14H26N2O/c1-2-14(7-8-14)10-16-13(17)12-5-3-11(9-15)4-6-12/h11-12H,2-10,15H2,1H3,(H,16,17). The van der Waals surface area contributed by atoms with Crippen LogP contribution < -0.4 is 11.1 Å². The SMILES string of the molecule is CCC1(CNC(=O)C2CCC(CN)CC2)CC1. The molecular weight excluding hydrogens is 212 g/mol. The highest BCUT2D eigenvalue weighted by atomic mass is 16.1. The maximum Gasteiger partial charge on any atom is 0.223 e. The minimum absolute atomic E-state index is 0.255.